The van der Waals surface area contributed by atoms with Gasteiger partial charge in [0.2, 0.25) is 0 Å². The summed E-state index contributed by atoms with van der Waals surface area (Å²) in [6, 6.07) is 12.8. The molecule has 0 aliphatic carbocycles. The molecule has 4 nitrogen and oxygen atoms in total. The van der Waals surface area contributed by atoms with E-state index >= 15 is 0 Å². The highest BCUT2D eigenvalue weighted by Gasteiger charge is 2.13. The third kappa shape index (κ3) is 3.29. The van der Waals surface area contributed by atoms with Gasteiger partial charge < -0.3 is 10.1 Å². The van der Waals surface area contributed by atoms with Crippen LogP contribution in [0.2, 0.25) is 0 Å². The van der Waals surface area contributed by atoms with Gasteiger partial charge in [0.05, 0.1) is 12.1 Å². The molecule has 2 aromatic carbocycles. The third-order valence-corrected chi connectivity index (χ3v) is 4.67. The molecular weight excluding hydrogens is 310 g/mol. The minimum absolute atomic E-state index is 0.671. The zero-order valence-electron chi connectivity index (χ0n) is 14.7. The van der Waals surface area contributed by atoms with Crippen LogP contribution in [0, 0.1) is 5.92 Å². The smallest absolute Gasteiger partial charge is 0.137 e. The second-order valence-corrected chi connectivity index (χ2v) is 6.98. The largest absolute Gasteiger partial charge is 0.493 e. The van der Waals surface area contributed by atoms with Crippen LogP contribution in [0.1, 0.15) is 25.8 Å². The van der Waals surface area contributed by atoms with E-state index in [-0.39, 0.29) is 0 Å². The van der Waals surface area contributed by atoms with Gasteiger partial charge in [0.15, 0.2) is 0 Å². The fraction of sp³-hybridized carbons (Fsp3) is 0.333. The van der Waals surface area contributed by atoms with Crippen LogP contribution in [0.3, 0.4) is 0 Å². The van der Waals surface area contributed by atoms with E-state index in [1.807, 2.05) is 0 Å². The fourth-order valence-electron chi connectivity index (χ4n) is 3.22. The van der Waals surface area contributed by atoms with Crippen molar-refractivity contribution in [2.24, 2.45) is 5.92 Å². The minimum Gasteiger partial charge on any atom is -0.493 e. The van der Waals surface area contributed by atoms with Gasteiger partial charge in [-0.15, -0.1) is 0 Å². The average Bonchev–Trinajstić information content (AvgIpc) is 3.09. The van der Waals surface area contributed by atoms with Gasteiger partial charge in [-0.2, -0.15) is 0 Å². The number of ether oxygens (including phenoxy) is 1. The molecule has 2 heterocycles. The number of fused-ring (bicyclic) bond motifs is 2. The van der Waals surface area contributed by atoms with Crippen molar-refractivity contribution in [3.8, 4) is 16.9 Å². The van der Waals surface area contributed by atoms with Crippen molar-refractivity contribution in [3.63, 3.8) is 0 Å². The number of nitrogens with zero attached hydrogens (tertiary/aromatic N) is 2. The highest BCUT2D eigenvalue weighted by atomic mass is 16.5. The lowest BCUT2D eigenvalue weighted by Crippen LogP contribution is -2.06. The van der Waals surface area contributed by atoms with E-state index in [0.717, 1.165) is 48.5 Å². The zero-order valence-corrected chi connectivity index (χ0v) is 14.7. The van der Waals surface area contributed by atoms with Crippen LogP contribution in [0.15, 0.2) is 42.7 Å². The molecule has 1 N–H and O–H groups in total. The van der Waals surface area contributed by atoms with Gasteiger partial charge in [0.25, 0.3) is 0 Å². The second-order valence-electron chi connectivity index (χ2n) is 6.98. The summed E-state index contributed by atoms with van der Waals surface area (Å²) in [6.07, 6.45) is 3.74. The molecule has 0 atom stereocenters. The summed E-state index contributed by atoms with van der Waals surface area (Å²) in [5.41, 5.74) is 4.65. The van der Waals surface area contributed by atoms with Crippen LogP contribution in [-0.2, 0) is 6.42 Å². The third-order valence-electron chi connectivity index (χ3n) is 4.67. The molecule has 1 aliphatic heterocycles. The minimum atomic E-state index is 0.671. The molecule has 25 heavy (non-hydrogen) atoms. The molecule has 1 aromatic heterocycles. The number of aromatic nitrogens is 2. The van der Waals surface area contributed by atoms with Crippen molar-refractivity contribution in [2.75, 3.05) is 18.5 Å². The van der Waals surface area contributed by atoms with Crippen molar-refractivity contribution in [2.45, 2.75) is 26.7 Å². The van der Waals surface area contributed by atoms with Crippen molar-refractivity contribution in [3.05, 3.63) is 48.3 Å². The molecule has 0 saturated heterocycles. The molecule has 1 aliphatic rings. The summed E-state index contributed by atoms with van der Waals surface area (Å²) < 4.78 is 5.61. The molecule has 0 unspecified atom stereocenters. The summed E-state index contributed by atoms with van der Waals surface area (Å²) in [4.78, 5) is 8.86. The summed E-state index contributed by atoms with van der Waals surface area (Å²) in [5.74, 6) is 2.60. The molecule has 0 saturated carbocycles. The summed E-state index contributed by atoms with van der Waals surface area (Å²) in [5, 5.41) is 4.54. The van der Waals surface area contributed by atoms with E-state index in [1.54, 1.807) is 6.33 Å². The molecule has 0 amide bonds. The number of nitrogens with one attached hydrogen (secondary N) is 1. The van der Waals surface area contributed by atoms with E-state index in [9.17, 15) is 0 Å². The predicted octanol–water partition coefficient (Wildman–Crippen LogP) is 4.69. The first kappa shape index (κ1) is 15.9. The normalized spacial score (nSPS) is 13.1. The second kappa shape index (κ2) is 6.71. The van der Waals surface area contributed by atoms with E-state index in [4.69, 9.17) is 4.74 Å². The Bertz CT molecular complexity index is 905. The molecular formula is C21H23N3O. The topological polar surface area (TPSA) is 47.0 Å². The van der Waals surface area contributed by atoms with Crippen molar-refractivity contribution in [1.29, 1.82) is 0 Å². The molecule has 0 fully saturated rings. The highest BCUT2D eigenvalue weighted by Crippen LogP contribution is 2.32. The highest BCUT2D eigenvalue weighted by molar-refractivity contribution is 5.92. The van der Waals surface area contributed by atoms with Gasteiger partial charge in [-0.1, -0.05) is 26.0 Å². The Morgan fingerprint density at radius 1 is 1.08 bits per heavy atom. The van der Waals surface area contributed by atoms with E-state index in [2.05, 4.69) is 65.5 Å². The Hall–Kier alpha value is -2.62. The molecule has 3 aromatic rings. The van der Waals surface area contributed by atoms with Crippen molar-refractivity contribution < 1.29 is 4.74 Å². The first-order valence-corrected chi connectivity index (χ1v) is 8.95. The van der Waals surface area contributed by atoms with Crippen LogP contribution in [0.4, 0.5) is 5.82 Å². The van der Waals surface area contributed by atoms with Gasteiger partial charge >= 0.3 is 0 Å². The maximum atomic E-state index is 5.61. The first-order chi connectivity index (χ1) is 12.2. The van der Waals surface area contributed by atoms with Crippen molar-refractivity contribution >= 4 is 16.7 Å². The first-order valence-electron chi connectivity index (χ1n) is 8.95. The van der Waals surface area contributed by atoms with Gasteiger partial charge in [-0.05, 0) is 53.3 Å². The van der Waals surface area contributed by atoms with Gasteiger partial charge in [0.1, 0.15) is 17.9 Å². The Labute approximate surface area is 148 Å². The standard InChI is InChI=1S/C21H23N3O/c1-14(2)7-9-22-21-18-12-16(3-5-19(18)23-13-24-21)15-4-6-20-17(11-15)8-10-25-20/h3-6,11-14H,7-10H2,1-2H3,(H,22,23,24). The molecule has 128 valence electrons. The quantitative estimate of drug-likeness (QED) is 0.736. The summed E-state index contributed by atoms with van der Waals surface area (Å²) >= 11 is 0. The predicted molar refractivity (Wildman–Crippen MR) is 102 cm³/mol. The fourth-order valence-corrected chi connectivity index (χ4v) is 3.22. The Balaban J connectivity index is 1.69. The van der Waals surface area contributed by atoms with E-state index in [1.165, 1.54) is 16.7 Å². The zero-order chi connectivity index (χ0) is 17.2. The molecule has 0 radical (unpaired) electrons. The van der Waals surface area contributed by atoms with Crippen LogP contribution in [0.5, 0.6) is 5.75 Å². The SMILES string of the molecule is CC(C)CCNc1ncnc2ccc(-c3ccc4c(c3)CCO4)cc12. The average molecular weight is 333 g/mol. The van der Waals surface area contributed by atoms with Gasteiger partial charge in [0, 0.05) is 18.4 Å². The molecule has 0 bridgehead atoms. The number of anilines is 1. The Kier molecular flexibility index (Phi) is 4.26. The number of benzene rings is 2. The number of rotatable bonds is 5. The lowest BCUT2D eigenvalue weighted by Gasteiger charge is -2.11. The monoisotopic (exact) mass is 333 g/mol. The van der Waals surface area contributed by atoms with Gasteiger partial charge in [-0.3, -0.25) is 0 Å². The maximum absolute atomic E-state index is 5.61. The van der Waals surface area contributed by atoms with Gasteiger partial charge in [-0.25, -0.2) is 9.97 Å². The maximum Gasteiger partial charge on any atom is 0.137 e. The summed E-state index contributed by atoms with van der Waals surface area (Å²) in [6.45, 7) is 6.17. The number of hydrogen-bond donors (Lipinski definition) is 1. The number of hydrogen-bond acceptors (Lipinski definition) is 4. The summed E-state index contributed by atoms with van der Waals surface area (Å²) in [7, 11) is 0. The van der Waals surface area contributed by atoms with Crippen LogP contribution < -0.4 is 10.1 Å². The van der Waals surface area contributed by atoms with E-state index < -0.39 is 0 Å². The lowest BCUT2D eigenvalue weighted by atomic mass is 10.0. The van der Waals surface area contributed by atoms with Crippen molar-refractivity contribution in [1.82, 2.24) is 9.97 Å². The molecule has 4 rings (SSSR count). The van der Waals surface area contributed by atoms with Crippen LogP contribution in [-0.4, -0.2) is 23.1 Å². The molecule has 4 heteroatoms. The molecule has 0 spiro atoms. The van der Waals surface area contributed by atoms with Crippen LogP contribution >= 0.6 is 0 Å². The van der Waals surface area contributed by atoms with E-state index in [0.29, 0.717) is 5.92 Å². The lowest BCUT2D eigenvalue weighted by molar-refractivity contribution is 0.357. The van der Waals surface area contributed by atoms with Crippen LogP contribution in [0.25, 0.3) is 22.0 Å². The Morgan fingerprint density at radius 2 is 1.92 bits per heavy atom. The Morgan fingerprint density at radius 3 is 2.80 bits per heavy atom.